The topological polar surface area (TPSA) is 39.1 Å². The van der Waals surface area contributed by atoms with E-state index >= 15 is 0 Å². The number of para-hydroxylation sites is 1. The summed E-state index contributed by atoms with van der Waals surface area (Å²) in [5.41, 5.74) is 3.52. The number of hydrogen-bond donors (Lipinski definition) is 1. The molecule has 0 aliphatic carbocycles. The SMILES string of the molecule is COCCNCc1ccccc1-n1cc(C)cn1. The molecule has 0 atom stereocenters. The van der Waals surface area contributed by atoms with Crippen molar-refractivity contribution in [2.24, 2.45) is 0 Å². The number of aryl methyl sites for hydroxylation is 1. The average Bonchev–Trinajstić information content (AvgIpc) is 2.82. The number of benzene rings is 1. The number of aromatic nitrogens is 2. The van der Waals surface area contributed by atoms with E-state index in [9.17, 15) is 0 Å². The Hall–Kier alpha value is -1.65. The zero-order valence-corrected chi connectivity index (χ0v) is 10.9. The van der Waals surface area contributed by atoms with E-state index in [1.54, 1.807) is 7.11 Å². The van der Waals surface area contributed by atoms with E-state index in [1.807, 2.05) is 36.1 Å². The molecular formula is C14H19N3O. The Morgan fingerprint density at radius 3 is 2.89 bits per heavy atom. The largest absolute Gasteiger partial charge is 0.383 e. The lowest BCUT2D eigenvalue weighted by Gasteiger charge is -2.10. The molecular weight excluding hydrogens is 226 g/mol. The van der Waals surface area contributed by atoms with Gasteiger partial charge in [-0.05, 0) is 24.1 Å². The van der Waals surface area contributed by atoms with Crippen LogP contribution in [0.5, 0.6) is 0 Å². The summed E-state index contributed by atoms with van der Waals surface area (Å²) < 4.78 is 6.94. The maximum Gasteiger partial charge on any atom is 0.0690 e. The van der Waals surface area contributed by atoms with Gasteiger partial charge in [-0.15, -0.1) is 0 Å². The van der Waals surface area contributed by atoms with Gasteiger partial charge in [0.05, 0.1) is 18.5 Å². The van der Waals surface area contributed by atoms with Crippen LogP contribution in [0.3, 0.4) is 0 Å². The minimum absolute atomic E-state index is 0.725. The van der Waals surface area contributed by atoms with Gasteiger partial charge in [0.1, 0.15) is 0 Å². The molecule has 0 fully saturated rings. The number of nitrogens with zero attached hydrogens (tertiary/aromatic N) is 2. The fourth-order valence-electron chi connectivity index (χ4n) is 1.83. The molecule has 0 unspecified atom stereocenters. The van der Waals surface area contributed by atoms with E-state index in [-0.39, 0.29) is 0 Å². The van der Waals surface area contributed by atoms with Crippen LogP contribution < -0.4 is 5.32 Å². The highest BCUT2D eigenvalue weighted by atomic mass is 16.5. The molecule has 0 aliphatic heterocycles. The first kappa shape index (κ1) is 12.8. The van der Waals surface area contributed by atoms with Crippen LogP contribution in [0.2, 0.25) is 0 Å². The fourth-order valence-corrected chi connectivity index (χ4v) is 1.83. The van der Waals surface area contributed by atoms with Crippen molar-refractivity contribution in [3.8, 4) is 5.69 Å². The Balaban J connectivity index is 2.10. The maximum absolute atomic E-state index is 5.02. The molecule has 0 amide bonds. The first-order valence-corrected chi connectivity index (χ1v) is 6.10. The van der Waals surface area contributed by atoms with Gasteiger partial charge in [-0.2, -0.15) is 5.10 Å². The van der Waals surface area contributed by atoms with Crippen LogP contribution in [0, 0.1) is 6.92 Å². The van der Waals surface area contributed by atoms with Crippen LogP contribution in [0.4, 0.5) is 0 Å². The van der Waals surface area contributed by atoms with Crippen LogP contribution in [-0.4, -0.2) is 30.0 Å². The smallest absolute Gasteiger partial charge is 0.0690 e. The quantitative estimate of drug-likeness (QED) is 0.790. The van der Waals surface area contributed by atoms with Crippen LogP contribution in [0.1, 0.15) is 11.1 Å². The Bertz CT molecular complexity index is 493. The van der Waals surface area contributed by atoms with Gasteiger partial charge < -0.3 is 10.1 Å². The van der Waals surface area contributed by atoms with Gasteiger partial charge in [-0.1, -0.05) is 18.2 Å². The third kappa shape index (κ3) is 3.18. The van der Waals surface area contributed by atoms with E-state index in [0.29, 0.717) is 0 Å². The Morgan fingerprint density at radius 1 is 1.33 bits per heavy atom. The highest BCUT2D eigenvalue weighted by molar-refractivity contribution is 5.40. The highest BCUT2D eigenvalue weighted by Crippen LogP contribution is 2.14. The van der Waals surface area contributed by atoms with Gasteiger partial charge in [-0.3, -0.25) is 0 Å². The average molecular weight is 245 g/mol. The molecule has 96 valence electrons. The molecule has 0 saturated heterocycles. The second-order valence-corrected chi connectivity index (χ2v) is 4.26. The normalized spacial score (nSPS) is 10.8. The summed E-state index contributed by atoms with van der Waals surface area (Å²) in [7, 11) is 1.71. The predicted octanol–water partition coefficient (Wildman–Crippen LogP) is 1.92. The molecule has 4 heteroatoms. The first-order chi connectivity index (χ1) is 8.81. The van der Waals surface area contributed by atoms with Crippen molar-refractivity contribution in [2.45, 2.75) is 13.5 Å². The molecule has 2 rings (SSSR count). The number of ether oxygens (including phenoxy) is 1. The molecule has 0 saturated carbocycles. The van der Waals surface area contributed by atoms with Gasteiger partial charge in [0, 0.05) is 26.4 Å². The molecule has 0 spiro atoms. The van der Waals surface area contributed by atoms with Crippen molar-refractivity contribution >= 4 is 0 Å². The first-order valence-electron chi connectivity index (χ1n) is 6.10. The number of rotatable bonds is 6. The lowest BCUT2D eigenvalue weighted by atomic mass is 10.2. The molecule has 4 nitrogen and oxygen atoms in total. The second kappa shape index (κ2) is 6.33. The second-order valence-electron chi connectivity index (χ2n) is 4.26. The lowest BCUT2D eigenvalue weighted by Crippen LogP contribution is -2.19. The zero-order chi connectivity index (χ0) is 12.8. The van der Waals surface area contributed by atoms with Crippen LogP contribution >= 0.6 is 0 Å². The number of nitrogens with one attached hydrogen (secondary N) is 1. The van der Waals surface area contributed by atoms with E-state index < -0.39 is 0 Å². The zero-order valence-electron chi connectivity index (χ0n) is 10.9. The van der Waals surface area contributed by atoms with Gasteiger partial charge in [0.25, 0.3) is 0 Å². The molecule has 18 heavy (non-hydrogen) atoms. The number of hydrogen-bond acceptors (Lipinski definition) is 3. The molecule has 0 radical (unpaired) electrons. The molecule has 0 aliphatic rings. The maximum atomic E-state index is 5.02. The highest BCUT2D eigenvalue weighted by Gasteiger charge is 2.04. The summed E-state index contributed by atoms with van der Waals surface area (Å²) >= 11 is 0. The molecule has 1 N–H and O–H groups in total. The summed E-state index contributed by atoms with van der Waals surface area (Å²) in [6.07, 6.45) is 3.91. The Labute approximate surface area is 108 Å². The van der Waals surface area contributed by atoms with Gasteiger partial charge in [0.2, 0.25) is 0 Å². The lowest BCUT2D eigenvalue weighted by molar-refractivity contribution is 0.199. The molecule has 2 aromatic rings. The van der Waals surface area contributed by atoms with Crippen molar-refractivity contribution in [3.63, 3.8) is 0 Å². The Morgan fingerprint density at radius 2 is 2.17 bits per heavy atom. The monoisotopic (exact) mass is 245 g/mol. The van der Waals surface area contributed by atoms with Crippen LogP contribution in [-0.2, 0) is 11.3 Å². The summed E-state index contributed by atoms with van der Waals surface area (Å²) in [6.45, 7) is 4.44. The van der Waals surface area contributed by atoms with E-state index in [2.05, 4.69) is 22.5 Å². The van der Waals surface area contributed by atoms with Crippen LogP contribution in [0.15, 0.2) is 36.7 Å². The van der Waals surface area contributed by atoms with Crippen molar-refractivity contribution in [2.75, 3.05) is 20.3 Å². The van der Waals surface area contributed by atoms with Crippen molar-refractivity contribution in [1.29, 1.82) is 0 Å². The third-order valence-electron chi connectivity index (χ3n) is 2.75. The minimum Gasteiger partial charge on any atom is -0.383 e. The molecule has 1 heterocycles. The predicted molar refractivity (Wildman–Crippen MR) is 71.9 cm³/mol. The van der Waals surface area contributed by atoms with E-state index in [0.717, 1.165) is 30.9 Å². The van der Waals surface area contributed by atoms with Crippen molar-refractivity contribution in [3.05, 3.63) is 47.8 Å². The van der Waals surface area contributed by atoms with E-state index in [4.69, 9.17) is 4.74 Å². The van der Waals surface area contributed by atoms with Crippen LogP contribution in [0.25, 0.3) is 5.69 Å². The standard InChI is InChI=1S/C14H19N3O/c1-12-9-16-17(11-12)14-6-4-3-5-13(14)10-15-7-8-18-2/h3-6,9,11,15H,7-8,10H2,1-2H3. The number of methoxy groups -OCH3 is 1. The van der Waals surface area contributed by atoms with Crippen molar-refractivity contribution < 1.29 is 4.74 Å². The summed E-state index contributed by atoms with van der Waals surface area (Å²) in [4.78, 5) is 0. The van der Waals surface area contributed by atoms with Crippen molar-refractivity contribution in [1.82, 2.24) is 15.1 Å². The molecule has 1 aromatic carbocycles. The summed E-state index contributed by atoms with van der Waals surface area (Å²) in [6, 6.07) is 8.28. The molecule has 1 aromatic heterocycles. The minimum atomic E-state index is 0.725. The third-order valence-corrected chi connectivity index (χ3v) is 2.75. The van der Waals surface area contributed by atoms with Gasteiger partial charge >= 0.3 is 0 Å². The van der Waals surface area contributed by atoms with E-state index in [1.165, 1.54) is 5.56 Å². The Kier molecular flexibility index (Phi) is 4.50. The summed E-state index contributed by atoms with van der Waals surface area (Å²) in [5.74, 6) is 0. The van der Waals surface area contributed by atoms with Gasteiger partial charge in [-0.25, -0.2) is 4.68 Å². The molecule has 0 bridgehead atoms. The summed E-state index contributed by atoms with van der Waals surface area (Å²) in [5, 5.41) is 7.71. The fraction of sp³-hybridized carbons (Fsp3) is 0.357. The van der Waals surface area contributed by atoms with Gasteiger partial charge in [0.15, 0.2) is 0 Å².